The smallest absolute Gasteiger partial charge is 0.222 e. The molecule has 0 unspecified atom stereocenters. The van der Waals surface area contributed by atoms with Crippen LogP contribution in [0.4, 0.5) is 0 Å². The molecule has 4 heteroatoms. The lowest BCUT2D eigenvalue weighted by atomic mass is 10.1. The van der Waals surface area contributed by atoms with Crippen LogP contribution in [0.2, 0.25) is 0 Å². The molecule has 0 aliphatic carbocycles. The Hall–Kier alpha value is -0.610. The van der Waals surface area contributed by atoms with Crippen LogP contribution in [0.25, 0.3) is 0 Å². The van der Waals surface area contributed by atoms with Gasteiger partial charge in [-0.05, 0) is 6.42 Å². The zero-order valence-electron chi connectivity index (χ0n) is 10.4. The second-order valence-corrected chi connectivity index (χ2v) is 4.61. The Labute approximate surface area is 98.0 Å². The Morgan fingerprint density at radius 3 is 2.69 bits per heavy atom. The minimum Gasteiger partial charge on any atom is -0.390 e. The van der Waals surface area contributed by atoms with E-state index in [1.54, 1.807) is 11.9 Å². The number of carbonyl (C=O) groups is 1. The number of hydrogen-bond donors (Lipinski definition) is 2. The number of aliphatic hydroxyl groups excluding tert-OH is 1. The summed E-state index contributed by atoms with van der Waals surface area (Å²) < 4.78 is 0. The van der Waals surface area contributed by atoms with E-state index >= 15 is 0 Å². The molecule has 2 atom stereocenters. The molecule has 94 valence electrons. The fourth-order valence-electron chi connectivity index (χ4n) is 2.11. The minimum absolute atomic E-state index is 0.0429. The van der Waals surface area contributed by atoms with Gasteiger partial charge in [0.25, 0.3) is 0 Å². The highest BCUT2D eigenvalue weighted by Crippen LogP contribution is 2.11. The summed E-state index contributed by atoms with van der Waals surface area (Å²) in [7, 11) is 1.79. The van der Waals surface area contributed by atoms with E-state index in [0.29, 0.717) is 19.5 Å². The molecule has 4 nitrogen and oxygen atoms in total. The van der Waals surface area contributed by atoms with E-state index in [1.165, 1.54) is 12.8 Å². The number of nitrogens with zero attached hydrogens (tertiary/aromatic N) is 1. The lowest BCUT2D eigenvalue weighted by Crippen LogP contribution is -2.44. The van der Waals surface area contributed by atoms with Gasteiger partial charge in [0, 0.05) is 26.6 Å². The molecule has 0 saturated carbocycles. The zero-order chi connectivity index (χ0) is 12.0. The van der Waals surface area contributed by atoms with Gasteiger partial charge >= 0.3 is 0 Å². The fourth-order valence-corrected chi connectivity index (χ4v) is 2.11. The van der Waals surface area contributed by atoms with E-state index in [1.807, 2.05) is 0 Å². The molecular formula is C12H24N2O2. The van der Waals surface area contributed by atoms with Gasteiger partial charge in [-0.2, -0.15) is 0 Å². The van der Waals surface area contributed by atoms with Crippen LogP contribution in [0.15, 0.2) is 0 Å². The lowest BCUT2D eigenvalue weighted by molar-refractivity contribution is -0.133. The van der Waals surface area contributed by atoms with E-state index in [2.05, 4.69) is 12.2 Å². The van der Waals surface area contributed by atoms with Gasteiger partial charge in [-0.3, -0.25) is 4.79 Å². The first kappa shape index (κ1) is 13.5. The van der Waals surface area contributed by atoms with E-state index in [0.717, 1.165) is 12.8 Å². The minimum atomic E-state index is -0.412. The van der Waals surface area contributed by atoms with Crippen molar-refractivity contribution in [1.82, 2.24) is 10.2 Å². The number of nitrogens with one attached hydrogen (secondary N) is 1. The first-order chi connectivity index (χ1) is 7.66. The van der Waals surface area contributed by atoms with Crippen LogP contribution in [0.1, 0.15) is 39.0 Å². The van der Waals surface area contributed by atoms with Gasteiger partial charge in [-0.15, -0.1) is 0 Å². The molecule has 1 heterocycles. The number of hydrogen-bond acceptors (Lipinski definition) is 3. The van der Waals surface area contributed by atoms with E-state index in [4.69, 9.17) is 0 Å². The molecule has 1 aliphatic rings. The topological polar surface area (TPSA) is 52.6 Å². The molecule has 1 fully saturated rings. The predicted molar refractivity (Wildman–Crippen MR) is 64.2 cm³/mol. The number of likely N-dealkylation sites (N-methyl/N-ethyl adjacent to an activating group) is 1. The van der Waals surface area contributed by atoms with Crippen LogP contribution in [-0.2, 0) is 4.79 Å². The molecule has 2 N–H and O–H groups in total. The van der Waals surface area contributed by atoms with Crippen molar-refractivity contribution in [3.05, 3.63) is 0 Å². The van der Waals surface area contributed by atoms with Crippen molar-refractivity contribution in [1.29, 1.82) is 0 Å². The maximum atomic E-state index is 11.8. The molecule has 1 aliphatic heterocycles. The molecule has 0 aromatic rings. The molecule has 16 heavy (non-hydrogen) atoms. The Kier molecular flexibility index (Phi) is 5.77. The van der Waals surface area contributed by atoms with Crippen molar-refractivity contribution in [3.8, 4) is 0 Å². The molecule has 0 radical (unpaired) electrons. The highest BCUT2D eigenvalue weighted by atomic mass is 16.3. The van der Waals surface area contributed by atoms with E-state index in [9.17, 15) is 9.90 Å². The second-order valence-electron chi connectivity index (χ2n) is 4.61. The van der Waals surface area contributed by atoms with Gasteiger partial charge in [-0.1, -0.05) is 26.2 Å². The molecule has 0 spiro atoms. The van der Waals surface area contributed by atoms with Crippen LogP contribution in [0.3, 0.4) is 0 Å². The summed E-state index contributed by atoms with van der Waals surface area (Å²) in [5.74, 6) is 0.156. The highest BCUT2D eigenvalue weighted by Gasteiger charge is 2.30. The van der Waals surface area contributed by atoms with Crippen LogP contribution >= 0.6 is 0 Å². The summed E-state index contributed by atoms with van der Waals surface area (Å²) in [5.41, 5.74) is 0. The largest absolute Gasteiger partial charge is 0.390 e. The van der Waals surface area contributed by atoms with E-state index < -0.39 is 6.10 Å². The van der Waals surface area contributed by atoms with Gasteiger partial charge in [0.1, 0.15) is 0 Å². The first-order valence-corrected chi connectivity index (χ1v) is 6.31. The Balaban J connectivity index is 2.24. The maximum Gasteiger partial charge on any atom is 0.222 e. The molecule has 0 aromatic carbocycles. The fraction of sp³-hybridized carbons (Fsp3) is 0.917. The highest BCUT2D eigenvalue weighted by molar-refractivity contribution is 5.76. The monoisotopic (exact) mass is 228 g/mol. The Morgan fingerprint density at radius 1 is 1.38 bits per heavy atom. The number of β-amino-alcohol motifs (C(OH)–C–C–N with tert-alkyl or cyclic N) is 1. The molecule has 1 rings (SSSR count). The standard InChI is InChI=1S/C12H24N2O2/c1-3-4-5-6-7-12(16)14(2)10-8-13-9-11(10)15/h10-11,13,15H,3-9H2,1-2H3/t10-,11-/m1/s1. The number of aliphatic hydroxyl groups is 1. The number of amides is 1. The third-order valence-electron chi connectivity index (χ3n) is 3.29. The number of rotatable bonds is 6. The zero-order valence-corrected chi connectivity index (χ0v) is 10.4. The summed E-state index contributed by atoms with van der Waals surface area (Å²) in [6.45, 7) is 3.46. The predicted octanol–water partition coefficient (Wildman–Crippen LogP) is 0.748. The van der Waals surface area contributed by atoms with Crippen molar-refractivity contribution in [3.63, 3.8) is 0 Å². The molecule has 1 saturated heterocycles. The summed E-state index contributed by atoms with van der Waals surface area (Å²) in [5, 5.41) is 12.8. The van der Waals surface area contributed by atoms with Gasteiger partial charge in [0.15, 0.2) is 0 Å². The van der Waals surface area contributed by atoms with Gasteiger partial charge in [0.2, 0.25) is 5.91 Å². The second kappa shape index (κ2) is 6.86. The number of unbranched alkanes of at least 4 members (excludes halogenated alkanes) is 3. The normalized spacial score (nSPS) is 24.7. The summed E-state index contributed by atoms with van der Waals surface area (Å²) in [4.78, 5) is 13.5. The Morgan fingerprint density at radius 2 is 2.12 bits per heavy atom. The SMILES string of the molecule is CCCCCCC(=O)N(C)[C@@H]1CNC[C@H]1O. The average Bonchev–Trinajstić information content (AvgIpc) is 2.69. The molecule has 1 amide bonds. The summed E-state index contributed by atoms with van der Waals surface area (Å²) >= 11 is 0. The third-order valence-corrected chi connectivity index (χ3v) is 3.29. The maximum absolute atomic E-state index is 11.8. The lowest BCUT2D eigenvalue weighted by Gasteiger charge is -2.26. The van der Waals surface area contributed by atoms with Crippen molar-refractivity contribution in [2.45, 2.75) is 51.2 Å². The van der Waals surface area contributed by atoms with Gasteiger partial charge < -0.3 is 15.3 Å². The average molecular weight is 228 g/mol. The molecule has 0 bridgehead atoms. The van der Waals surface area contributed by atoms with Gasteiger partial charge in [-0.25, -0.2) is 0 Å². The Bertz CT molecular complexity index is 221. The van der Waals surface area contributed by atoms with Crippen LogP contribution in [0, 0.1) is 0 Å². The molecule has 0 aromatic heterocycles. The first-order valence-electron chi connectivity index (χ1n) is 6.31. The summed E-state index contributed by atoms with van der Waals surface area (Å²) in [6.07, 6.45) is 4.68. The van der Waals surface area contributed by atoms with Crippen LogP contribution in [0.5, 0.6) is 0 Å². The summed E-state index contributed by atoms with van der Waals surface area (Å²) in [6, 6.07) is -0.0429. The van der Waals surface area contributed by atoms with Crippen molar-refractivity contribution < 1.29 is 9.90 Å². The quantitative estimate of drug-likeness (QED) is 0.660. The van der Waals surface area contributed by atoms with Gasteiger partial charge in [0.05, 0.1) is 12.1 Å². The van der Waals surface area contributed by atoms with Crippen molar-refractivity contribution in [2.24, 2.45) is 0 Å². The third kappa shape index (κ3) is 3.76. The molecular weight excluding hydrogens is 204 g/mol. The van der Waals surface area contributed by atoms with E-state index in [-0.39, 0.29) is 11.9 Å². The van der Waals surface area contributed by atoms with Crippen LogP contribution in [-0.4, -0.2) is 48.2 Å². The van der Waals surface area contributed by atoms with Crippen LogP contribution < -0.4 is 5.32 Å². The number of carbonyl (C=O) groups excluding carboxylic acids is 1. The van der Waals surface area contributed by atoms with Crippen molar-refractivity contribution in [2.75, 3.05) is 20.1 Å². The van der Waals surface area contributed by atoms with Crippen molar-refractivity contribution >= 4 is 5.91 Å².